The van der Waals surface area contributed by atoms with Gasteiger partial charge in [-0.05, 0) is 102 Å². The van der Waals surface area contributed by atoms with E-state index in [1.807, 2.05) is 34.8 Å². The van der Waals surface area contributed by atoms with Crippen LogP contribution in [-0.4, -0.2) is 9.13 Å². The molecule has 4 heterocycles. The van der Waals surface area contributed by atoms with Crippen LogP contribution in [0.3, 0.4) is 0 Å². The van der Waals surface area contributed by atoms with Crippen molar-refractivity contribution in [1.29, 1.82) is 5.26 Å². The van der Waals surface area contributed by atoms with Crippen molar-refractivity contribution >= 4 is 107 Å². The minimum absolute atomic E-state index is 0.663. The first-order valence-corrected chi connectivity index (χ1v) is 19.7. The molecule has 0 unspecified atom stereocenters. The molecule has 0 saturated carbocycles. The largest absolute Gasteiger partial charge is 0.309 e. The third-order valence-electron chi connectivity index (χ3n) is 11.1. The monoisotopic (exact) mass is 721 g/mol. The topological polar surface area (TPSA) is 33.6 Å². The maximum atomic E-state index is 9.75. The quantitative estimate of drug-likeness (QED) is 0.179. The SMILES string of the molecule is N#Cc1ccc2c3ccccc3n(-c3ccc4sc5ccc(-c6ccc7sc8ccc(-n9c%10ccccc%10c%10ccccc%109)cc8c7c6)cc5c4c3)c2c1. The Kier molecular flexibility index (Phi) is 6.16. The standard InChI is InChI=1S/C49H27N3S2/c50-28-29-13-18-37-36-9-3-6-12-44(36)52(45(37)23-29)33-17-22-49-41(27-33)39-25-31(15-20-47(39)54-49)30-14-19-46-38(24-30)40-26-32(16-21-48(40)53-46)51-42-10-4-1-7-34(42)35-8-2-5-11-43(35)51/h1-27H. The number of rotatable bonds is 3. The molecule has 0 aliphatic rings. The first-order valence-electron chi connectivity index (χ1n) is 18.1. The molecule has 12 aromatic rings. The zero-order chi connectivity index (χ0) is 35.5. The second-order valence-corrected chi connectivity index (χ2v) is 16.2. The van der Waals surface area contributed by atoms with Gasteiger partial charge in [0.25, 0.3) is 0 Å². The van der Waals surface area contributed by atoms with Crippen LogP contribution in [0, 0.1) is 11.3 Å². The summed E-state index contributed by atoms with van der Waals surface area (Å²) in [5.74, 6) is 0. The Morgan fingerprint density at radius 1 is 0.352 bits per heavy atom. The molecular formula is C49H27N3S2. The van der Waals surface area contributed by atoms with Crippen molar-refractivity contribution in [3.63, 3.8) is 0 Å². The predicted octanol–water partition coefficient (Wildman–Crippen LogP) is 14.2. The molecule has 0 N–H and O–H groups in total. The summed E-state index contributed by atoms with van der Waals surface area (Å²) in [5.41, 5.74) is 10.0. The Morgan fingerprint density at radius 3 is 1.24 bits per heavy atom. The Hall–Kier alpha value is -6.71. The maximum absolute atomic E-state index is 9.75. The van der Waals surface area contributed by atoms with E-state index < -0.39 is 0 Å². The zero-order valence-electron chi connectivity index (χ0n) is 28.7. The van der Waals surface area contributed by atoms with Gasteiger partial charge in [0.1, 0.15) is 0 Å². The number of nitrogens with zero attached hydrogens (tertiary/aromatic N) is 3. The van der Waals surface area contributed by atoms with E-state index in [0.29, 0.717) is 5.56 Å². The average molecular weight is 722 g/mol. The molecular weight excluding hydrogens is 695 g/mol. The van der Waals surface area contributed by atoms with Crippen LogP contribution in [0.5, 0.6) is 0 Å². The molecule has 4 aromatic heterocycles. The van der Waals surface area contributed by atoms with Crippen molar-refractivity contribution in [2.75, 3.05) is 0 Å². The molecule has 3 nitrogen and oxygen atoms in total. The van der Waals surface area contributed by atoms with E-state index in [4.69, 9.17) is 0 Å². The van der Waals surface area contributed by atoms with Crippen molar-refractivity contribution in [2.45, 2.75) is 0 Å². The van der Waals surface area contributed by atoms with Gasteiger partial charge in [-0.2, -0.15) is 5.26 Å². The normalized spacial score (nSPS) is 12.1. The number of thiophene rings is 2. The smallest absolute Gasteiger partial charge is 0.0992 e. The van der Waals surface area contributed by atoms with Gasteiger partial charge in [0.15, 0.2) is 0 Å². The minimum Gasteiger partial charge on any atom is -0.309 e. The van der Waals surface area contributed by atoms with E-state index in [1.165, 1.54) is 84.4 Å². The number of hydrogen-bond donors (Lipinski definition) is 0. The van der Waals surface area contributed by atoms with Gasteiger partial charge in [0, 0.05) is 73.3 Å². The zero-order valence-corrected chi connectivity index (χ0v) is 30.4. The van der Waals surface area contributed by atoms with Gasteiger partial charge in [-0.25, -0.2) is 0 Å². The summed E-state index contributed by atoms with van der Waals surface area (Å²) in [7, 11) is 0. The van der Waals surface area contributed by atoms with Crippen molar-refractivity contribution in [3.8, 4) is 28.6 Å². The van der Waals surface area contributed by atoms with E-state index in [-0.39, 0.29) is 0 Å². The minimum atomic E-state index is 0.663. The summed E-state index contributed by atoms with van der Waals surface area (Å²) < 4.78 is 9.85. The molecule has 0 amide bonds. The molecule has 0 saturated heterocycles. The molecule has 0 aliphatic carbocycles. The summed E-state index contributed by atoms with van der Waals surface area (Å²) >= 11 is 3.70. The van der Waals surface area contributed by atoms with Gasteiger partial charge in [0.05, 0.1) is 33.7 Å². The second-order valence-electron chi connectivity index (χ2n) is 14.1. The highest BCUT2D eigenvalue weighted by Gasteiger charge is 2.17. The van der Waals surface area contributed by atoms with Crippen LogP contribution in [0.4, 0.5) is 0 Å². The summed E-state index contributed by atoms with van der Waals surface area (Å²) in [4.78, 5) is 0. The van der Waals surface area contributed by atoms with Gasteiger partial charge in [-0.1, -0.05) is 72.8 Å². The summed E-state index contributed by atoms with van der Waals surface area (Å²) in [6, 6.07) is 61.9. The van der Waals surface area contributed by atoms with Crippen molar-refractivity contribution in [1.82, 2.24) is 9.13 Å². The molecule has 8 aromatic carbocycles. The summed E-state index contributed by atoms with van der Waals surface area (Å²) in [6.45, 7) is 0. The van der Waals surface area contributed by atoms with E-state index in [0.717, 1.165) is 22.1 Å². The number of nitriles is 1. The van der Waals surface area contributed by atoms with Crippen LogP contribution in [0.2, 0.25) is 0 Å². The fraction of sp³-hybridized carbons (Fsp3) is 0. The molecule has 0 fully saturated rings. The van der Waals surface area contributed by atoms with Gasteiger partial charge >= 0.3 is 0 Å². The Bertz CT molecular complexity index is 3530. The van der Waals surface area contributed by atoms with Gasteiger partial charge in [0.2, 0.25) is 0 Å². The molecule has 0 atom stereocenters. The van der Waals surface area contributed by atoms with Crippen LogP contribution < -0.4 is 0 Å². The molecule has 0 bridgehead atoms. The molecule has 5 heteroatoms. The van der Waals surface area contributed by atoms with E-state index in [9.17, 15) is 5.26 Å². The molecule has 250 valence electrons. The van der Waals surface area contributed by atoms with Crippen molar-refractivity contribution in [2.24, 2.45) is 0 Å². The van der Waals surface area contributed by atoms with Crippen LogP contribution in [-0.2, 0) is 0 Å². The van der Waals surface area contributed by atoms with Gasteiger partial charge in [-0.3, -0.25) is 0 Å². The third-order valence-corrected chi connectivity index (χ3v) is 13.4. The lowest BCUT2D eigenvalue weighted by atomic mass is 10.0. The fourth-order valence-electron chi connectivity index (χ4n) is 8.69. The lowest BCUT2D eigenvalue weighted by molar-refractivity contribution is 1.19. The van der Waals surface area contributed by atoms with E-state index in [1.54, 1.807) is 0 Å². The van der Waals surface area contributed by atoms with Gasteiger partial charge in [-0.15, -0.1) is 22.7 Å². The number of hydrogen-bond acceptors (Lipinski definition) is 3. The summed E-state index contributed by atoms with van der Waals surface area (Å²) in [6.07, 6.45) is 0. The lowest BCUT2D eigenvalue weighted by Crippen LogP contribution is -1.93. The Balaban J connectivity index is 1.01. The highest BCUT2D eigenvalue weighted by atomic mass is 32.1. The van der Waals surface area contributed by atoms with Crippen molar-refractivity contribution in [3.05, 3.63) is 169 Å². The molecule has 0 spiro atoms. The third kappa shape index (κ3) is 4.21. The van der Waals surface area contributed by atoms with Crippen molar-refractivity contribution < 1.29 is 0 Å². The maximum Gasteiger partial charge on any atom is 0.0992 e. The Morgan fingerprint density at radius 2 is 0.759 bits per heavy atom. The van der Waals surface area contributed by atoms with Crippen LogP contribution in [0.15, 0.2) is 164 Å². The first-order chi connectivity index (χ1) is 26.7. The van der Waals surface area contributed by atoms with Crippen LogP contribution >= 0.6 is 22.7 Å². The predicted molar refractivity (Wildman–Crippen MR) is 231 cm³/mol. The number of fused-ring (bicyclic) bond motifs is 12. The Labute approximate surface area is 317 Å². The average Bonchev–Trinajstić information content (AvgIpc) is 3.97. The molecule has 0 aliphatic heterocycles. The number of para-hydroxylation sites is 3. The second kappa shape index (κ2) is 11.1. The number of benzene rings is 8. The fourth-order valence-corrected chi connectivity index (χ4v) is 10.8. The highest BCUT2D eigenvalue weighted by molar-refractivity contribution is 7.26. The number of aromatic nitrogens is 2. The molecule has 54 heavy (non-hydrogen) atoms. The first kappa shape index (κ1) is 29.8. The van der Waals surface area contributed by atoms with Crippen LogP contribution in [0.1, 0.15) is 5.56 Å². The molecule has 12 rings (SSSR count). The summed E-state index contributed by atoms with van der Waals surface area (Å²) in [5, 5.41) is 19.7. The molecule has 0 radical (unpaired) electrons. The van der Waals surface area contributed by atoms with Crippen LogP contribution in [0.25, 0.3) is 106 Å². The lowest BCUT2D eigenvalue weighted by Gasteiger charge is -2.09. The van der Waals surface area contributed by atoms with E-state index in [2.05, 4.69) is 167 Å². The van der Waals surface area contributed by atoms with E-state index >= 15 is 0 Å². The van der Waals surface area contributed by atoms with Gasteiger partial charge < -0.3 is 9.13 Å². The highest BCUT2D eigenvalue weighted by Crippen LogP contribution is 2.42.